The van der Waals surface area contributed by atoms with Crippen LogP contribution in [0.5, 0.6) is 0 Å². The van der Waals surface area contributed by atoms with Gasteiger partial charge in [0.15, 0.2) is 15.6 Å². The quantitative estimate of drug-likeness (QED) is 0.295. The molecule has 0 aromatic rings. The summed E-state index contributed by atoms with van der Waals surface area (Å²) in [7, 11) is -3.35. The molecule has 51 heavy (non-hydrogen) atoms. The number of hydrogen-bond acceptors (Lipinski definition) is 7. The van der Waals surface area contributed by atoms with Gasteiger partial charge in [0.1, 0.15) is 5.78 Å². The van der Waals surface area contributed by atoms with E-state index >= 15 is 8.78 Å². The predicted octanol–water partition coefficient (Wildman–Crippen LogP) is 6.16. The minimum Gasteiger partial charge on any atom is -0.347 e. The molecule has 0 bridgehead atoms. The first kappa shape index (κ1) is 38.5. The number of alkyl halides is 2. The highest BCUT2D eigenvalue weighted by Crippen LogP contribution is 2.65. The van der Waals surface area contributed by atoms with Gasteiger partial charge in [-0.05, 0) is 80.5 Å². The van der Waals surface area contributed by atoms with Gasteiger partial charge in [0.05, 0.1) is 17.0 Å². The van der Waals surface area contributed by atoms with Crippen LogP contribution in [0.25, 0.3) is 0 Å². The number of amides is 2. The SMILES string of the molecule is CC1(C)[C@@H]2[C@H]3C(=O)C[C@H](C(=O)C(=O)NC4CC4)CCCCCCC(F)(F)CC[C@H](CC(=O)CC4([C@H]5CCCS5(=O)=O)CCCCC4)C(=O)N3C[C@@H]21. The molecule has 0 spiro atoms. The van der Waals surface area contributed by atoms with Crippen molar-refractivity contribution in [2.75, 3.05) is 12.3 Å². The van der Waals surface area contributed by atoms with Gasteiger partial charge in [-0.25, -0.2) is 17.2 Å². The molecule has 9 nitrogen and oxygen atoms in total. The summed E-state index contributed by atoms with van der Waals surface area (Å²) in [5, 5.41) is 2.15. The highest BCUT2D eigenvalue weighted by molar-refractivity contribution is 7.92. The van der Waals surface area contributed by atoms with Crippen LogP contribution in [0, 0.1) is 34.5 Å². The predicted molar refractivity (Wildman–Crippen MR) is 187 cm³/mol. The number of nitrogens with zero attached hydrogens (tertiary/aromatic N) is 1. The lowest BCUT2D eigenvalue weighted by molar-refractivity contribution is -0.146. The second-order valence-corrected chi connectivity index (χ2v) is 20.1. The topological polar surface area (TPSA) is 135 Å². The summed E-state index contributed by atoms with van der Waals surface area (Å²) in [5.74, 6) is -7.30. The van der Waals surface area contributed by atoms with E-state index in [0.717, 1.165) is 32.1 Å². The van der Waals surface area contributed by atoms with Crippen molar-refractivity contribution < 1.29 is 41.2 Å². The Hall–Kier alpha value is -2.24. The van der Waals surface area contributed by atoms with Crippen molar-refractivity contribution >= 4 is 39.0 Å². The van der Waals surface area contributed by atoms with Gasteiger partial charge in [0.2, 0.25) is 17.6 Å². The Bertz CT molecular complexity index is 1490. The van der Waals surface area contributed by atoms with E-state index in [1.165, 1.54) is 4.90 Å². The fraction of sp³-hybridized carbons (Fsp3) is 0.872. The Morgan fingerprint density at radius 2 is 1.51 bits per heavy atom. The van der Waals surface area contributed by atoms with Crippen LogP contribution in [0.4, 0.5) is 8.78 Å². The first-order valence-corrected chi connectivity index (χ1v) is 21.6. The van der Waals surface area contributed by atoms with Gasteiger partial charge in [0, 0.05) is 56.5 Å². The smallest absolute Gasteiger partial charge is 0.287 e. The van der Waals surface area contributed by atoms with E-state index in [1.807, 2.05) is 13.8 Å². The number of fused-ring (bicyclic) bond motifs is 3. The molecule has 12 heteroatoms. The van der Waals surface area contributed by atoms with Crippen LogP contribution in [-0.2, 0) is 33.8 Å². The van der Waals surface area contributed by atoms with Gasteiger partial charge in [-0.3, -0.25) is 24.0 Å². The molecule has 3 aliphatic carbocycles. The minimum absolute atomic E-state index is 0.0174. The average Bonchev–Trinajstić information content (AvgIpc) is 3.85. The summed E-state index contributed by atoms with van der Waals surface area (Å²) in [6, 6.07) is -0.866. The third-order valence-corrected chi connectivity index (χ3v) is 16.2. The molecule has 2 amide bonds. The van der Waals surface area contributed by atoms with Crippen LogP contribution in [0.15, 0.2) is 0 Å². The number of sulfone groups is 1. The van der Waals surface area contributed by atoms with Gasteiger partial charge in [-0.15, -0.1) is 0 Å². The van der Waals surface area contributed by atoms with Gasteiger partial charge in [0.25, 0.3) is 5.91 Å². The van der Waals surface area contributed by atoms with Crippen LogP contribution >= 0.6 is 0 Å². The molecule has 0 aromatic heterocycles. The lowest BCUT2D eigenvalue weighted by Crippen LogP contribution is -2.49. The molecule has 0 unspecified atom stereocenters. The average molecular weight is 737 g/mol. The first-order valence-electron chi connectivity index (χ1n) is 19.8. The maximum Gasteiger partial charge on any atom is 0.287 e. The zero-order chi connectivity index (χ0) is 36.8. The number of hydrogen-bond donors (Lipinski definition) is 1. The molecule has 1 N–H and O–H groups in total. The van der Waals surface area contributed by atoms with E-state index in [1.54, 1.807) is 0 Å². The molecular formula is C39H58F2N2O7S. The molecule has 6 aliphatic rings. The molecule has 3 saturated heterocycles. The molecular weight excluding hydrogens is 678 g/mol. The molecule has 3 saturated carbocycles. The van der Waals surface area contributed by atoms with Gasteiger partial charge in [-0.2, -0.15) is 0 Å². The fourth-order valence-electron chi connectivity index (χ4n) is 10.5. The Morgan fingerprint density at radius 1 is 0.843 bits per heavy atom. The van der Waals surface area contributed by atoms with E-state index in [0.29, 0.717) is 51.4 Å². The maximum atomic E-state index is 15.3. The number of nitrogens with one attached hydrogen (secondary N) is 1. The monoisotopic (exact) mass is 736 g/mol. The van der Waals surface area contributed by atoms with Crippen LogP contribution in [0.2, 0.25) is 0 Å². The summed E-state index contributed by atoms with van der Waals surface area (Å²) >= 11 is 0. The van der Waals surface area contributed by atoms with Gasteiger partial charge >= 0.3 is 0 Å². The van der Waals surface area contributed by atoms with Crippen molar-refractivity contribution in [3.63, 3.8) is 0 Å². The van der Waals surface area contributed by atoms with Crippen molar-refractivity contribution in [1.29, 1.82) is 0 Å². The molecule has 6 fully saturated rings. The molecule has 286 valence electrons. The summed E-state index contributed by atoms with van der Waals surface area (Å²) < 4.78 is 56.9. The standard InChI is InChI=1S/C39H58F2N2O7S/c1-37(2)29-24-43-33(32(29)37)30(45)22-25(34(46)35(47)42-27-13-14-27)11-6-3-4-9-18-39(40,41)19-15-26(36(43)48)21-28(44)23-38(16-7-5-8-17-38)31-12-10-20-51(31,49)50/h25-27,29,31-33H,3-24H2,1-2H3,(H,42,47)/t25-,26-,29+,31-,32+,33-/m1/s1. The fourth-order valence-corrected chi connectivity index (χ4v) is 13.0. The zero-order valence-corrected chi connectivity index (χ0v) is 31.4. The molecule has 0 radical (unpaired) electrons. The summed E-state index contributed by atoms with van der Waals surface area (Å²) in [4.78, 5) is 70.5. The zero-order valence-electron chi connectivity index (χ0n) is 30.6. The number of rotatable bonds is 8. The van der Waals surface area contributed by atoms with Gasteiger partial charge in [-0.1, -0.05) is 52.4 Å². The third-order valence-electron chi connectivity index (χ3n) is 13.7. The highest BCUT2D eigenvalue weighted by Gasteiger charge is 2.69. The number of halogens is 2. The number of carbonyl (C=O) groups is 5. The van der Waals surface area contributed by atoms with Crippen LogP contribution in [-0.4, -0.2) is 78.0 Å². The van der Waals surface area contributed by atoms with E-state index < -0.39 is 68.3 Å². The summed E-state index contributed by atoms with van der Waals surface area (Å²) in [6.45, 7) is 4.37. The second-order valence-electron chi connectivity index (χ2n) is 17.8. The number of Topliss-reactive ketones (excluding diaryl/α,β-unsaturated/α-hetero) is 3. The van der Waals surface area contributed by atoms with Crippen molar-refractivity contribution in [2.24, 2.45) is 34.5 Å². The van der Waals surface area contributed by atoms with E-state index in [9.17, 15) is 32.4 Å². The molecule has 0 aromatic carbocycles. The highest BCUT2D eigenvalue weighted by atomic mass is 32.2. The van der Waals surface area contributed by atoms with Crippen molar-refractivity contribution in [3.8, 4) is 0 Å². The second kappa shape index (κ2) is 14.9. The number of piperidine rings is 1. The molecule has 6 atom stereocenters. The largest absolute Gasteiger partial charge is 0.347 e. The summed E-state index contributed by atoms with van der Waals surface area (Å²) in [5.41, 5.74) is -0.916. The third kappa shape index (κ3) is 8.45. The van der Waals surface area contributed by atoms with E-state index in [4.69, 9.17) is 0 Å². The molecule has 3 heterocycles. The minimum atomic E-state index is -3.35. The van der Waals surface area contributed by atoms with Crippen LogP contribution < -0.4 is 5.32 Å². The van der Waals surface area contributed by atoms with Gasteiger partial charge < -0.3 is 10.2 Å². The number of ketones is 3. The Labute approximate surface area is 302 Å². The Morgan fingerprint density at radius 3 is 2.18 bits per heavy atom. The molecule has 3 aliphatic heterocycles. The maximum absolute atomic E-state index is 15.3. The molecule has 6 rings (SSSR count). The van der Waals surface area contributed by atoms with E-state index in [-0.39, 0.29) is 85.7 Å². The lowest BCUT2D eigenvalue weighted by atomic mass is 9.67. The first-order chi connectivity index (χ1) is 24.0. The van der Waals surface area contributed by atoms with Crippen LogP contribution in [0.3, 0.4) is 0 Å². The Kier molecular flexibility index (Phi) is 11.2. The van der Waals surface area contributed by atoms with Crippen LogP contribution in [0.1, 0.15) is 142 Å². The van der Waals surface area contributed by atoms with E-state index in [2.05, 4.69) is 5.32 Å². The summed E-state index contributed by atoms with van der Waals surface area (Å²) in [6.07, 6.45) is 7.30. The number of carbonyl (C=O) groups excluding carboxylic acids is 5. The van der Waals surface area contributed by atoms with Crippen molar-refractivity contribution in [2.45, 2.75) is 166 Å². The Balaban J connectivity index is 1.25. The van der Waals surface area contributed by atoms with Crippen molar-refractivity contribution in [1.82, 2.24) is 10.2 Å². The van der Waals surface area contributed by atoms with Crippen molar-refractivity contribution in [3.05, 3.63) is 0 Å². The lowest BCUT2D eigenvalue weighted by Gasteiger charge is -2.41. The normalized spacial score (nSPS) is 35.0.